The van der Waals surface area contributed by atoms with Gasteiger partial charge in [0.15, 0.2) is 5.82 Å². The molecule has 0 bridgehead atoms. The van der Waals surface area contributed by atoms with Crippen molar-refractivity contribution in [2.75, 3.05) is 12.4 Å². The number of nitrogens with one attached hydrogen (secondary N) is 1. The van der Waals surface area contributed by atoms with Gasteiger partial charge in [0.2, 0.25) is 0 Å². The second-order valence-corrected chi connectivity index (χ2v) is 4.45. The summed E-state index contributed by atoms with van der Waals surface area (Å²) >= 11 is 0. The maximum atomic E-state index is 9.23. The van der Waals surface area contributed by atoms with Crippen LogP contribution in [0.3, 0.4) is 0 Å². The first-order chi connectivity index (χ1) is 9.65. The molecular formula is C15H16N4O. The molecule has 0 amide bonds. The summed E-state index contributed by atoms with van der Waals surface area (Å²) in [4.78, 5) is 0. The molecule has 0 aliphatic rings. The molecule has 20 heavy (non-hydrogen) atoms. The van der Waals surface area contributed by atoms with E-state index in [1.807, 2.05) is 38.1 Å². The fourth-order valence-electron chi connectivity index (χ4n) is 1.84. The molecule has 0 spiro atoms. The lowest BCUT2D eigenvalue weighted by Crippen LogP contribution is -2.07. The van der Waals surface area contributed by atoms with Gasteiger partial charge in [0, 0.05) is 6.54 Å². The van der Waals surface area contributed by atoms with Crippen LogP contribution in [0.2, 0.25) is 0 Å². The van der Waals surface area contributed by atoms with Crippen LogP contribution in [0, 0.1) is 25.2 Å². The molecule has 2 aromatic rings. The highest BCUT2D eigenvalue weighted by molar-refractivity contribution is 5.56. The van der Waals surface area contributed by atoms with E-state index in [-0.39, 0.29) is 0 Å². The third kappa shape index (κ3) is 2.86. The van der Waals surface area contributed by atoms with Crippen molar-refractivity contribution in [2.24, 2.45) is 0 Å². The van der Waals surface area contributed by atoms with Crippen LogP contribution in [-0.2, 0) is 6.54 Å². The van der Waals surface area contributed by atoms with E-state index in [1.165, 1.54) is 0 Å². The third-order valence-corrected chi connectivity index (χ3v) is 3.16. The Morgan fingerprint density at radius 2 is 2.10 bits per heavy atom. The normalized spacial score (nSPS) is 9.90. The van der Waals surface area contributed by atoms with Crippen molar-refractivity contribution in [3.05, 3.63) is 46.6 Å². The van der Waals surface area contributed by atoms with Gasteiger partial charge in [-0.05, 0) is 37.1 Å². The van der Waals surface area contributed by atoms with Crippen molar-refractivity contribution >= 4 is 5.82 Å². The smallest absolute Gasteiger partial charge is 0.167 e. The van der Waals surface area contributed by atoms with Gasteiger partial charge in [-0.3, -0.25) is 0 Å². The van der Waals surface area contributed by atoms with Crippen LogP contribution >= 0.6 is 0 Å². The number of ether oxygens (including phenoxy) is 1. The monoisotopic (exact) mass is 268 g/mol. The summed E-state index contributed by atoms with van der Waals surface area (Å²) in [5.41, 5.74) is 3.22. The highest BCUT2D eigenvalue weighted by Gasteiger charge is 2.10. The minimum atomic E-state index is 0.512. The van der Waals surface area contributed by atoms with E-state index in [0.29, 0.717) is 17.9 Å². The number of hydrogen-bond donors (Lipinski definition) is 1. The van der Waals surface area contributed by atoms with E-state index in [0.717, 1.165) is 22.6 Å². The summed E-state index contributed by atoms with van der Waals surface area (Å²) in [7, 11) is 1.63. The molecule has 0 unspecified atom stereocenters. The van der Waals surface area contributed by atoms with Crippen LogP contribution in [0.1, 0.15) is 22.4 Å². The van der Waals surface area contributed by atoms with E-state index in [2.05, 4.69) is 21.6 Å². The molecule has 1 N–H and O–H groups in total. The average Bonchev–Trinajstić information content (AvgIpc) is 2.48. The van der Waals surface area contributed by atoms with E-state index in [4.69, 9.17) is 4.74 Å². The lowest BCUT2D eigenvalue weighted by Gasteiger charge is -2.10. The molecule has 0 aliphatic carbocycles. The summed E-state index contributed by atoms with van der Waals surface area (Å²) in [5.74, 6) is 1.31. The van der Waals surface area contributed by atoms with Crippen molar-refractivity contribution in [3.63, 3.8) is 0 Å². The molecule has 5 nitrogen and oxygen atoms in total. The number of anilines is 1. The first kappa shape index (κ1) is 13.8. The van der Waals surface area contributed by atoms with Crippen LogP contribution in [-0.4, -0.2) is 17.3 Å². The molecule has 102 valence electrons. The van der Waals surface area contributed by atoms with E-state index in [9.17, 15) is 5.26 Å². The predicted molar refractivity (Wildman–Crippen MR) is 76.5 cm³/mol. The maximum Gasteiger partial charge on any atom is 0.167 e. The van der Waals surface area contributed by atoms with Gasteiger partial charge in [-0.15, -0.1) is 5.10 Å². The van der Waals surface area contributed by atoms with E-state index < -0.39 is 0 Å². The number of rotatable bonds is 4. The van der Waals surface area contributed by atoms with Crippen molar-refractivity contribution in [2.45, 2.75) is 20.4 Å². The van der Waals surface area contributed by atoms with Crippen molar-refractivity contribution in [1.29, 1.82) is 5.26 Å². The Kier molecular flexibility index (Phi) is 4.16. The molecule has 5 heteroatoms. The first-order valence-corrected chi connectivity index (χ1v) is 6.26. The Bertz CT molecular complexity index is 661. The molecule has 1 aromatic carbocycles. The fraction of sp³-hybridized carbons (Fsp3) is 0.267. The molecule has 2 rings (SSSR count). The van der Waals surface area contributed by atoms with Gasteiger partial charge < -0.3 is 10.1 Å². The van der Waals surface area contributed by atoms with Gasteiger partial charge in [0.25, 0.3) is 0 Å². The lowest BCUT2D eigenvalue weighted by molar-refractivity contribution is 0.414. The Morgan fingerprint density at radius 1 is 1.30 bits per heavy atom. The summed E-state index contributed by atoms with van der Waals surface area (Å²) in [6, 6.07) is 9.91. The predicted octanol–water partition coefficient (Wildman–Crippen LogP) is 2.59. The summed E-state index contributed by atoms with van der Waals surface area (Å²) < 4.78 is 5.18. The van der Waals surface area contributed by atoms with Crippen LogP contribution in [0.5, 0.6) is 5.75 Å². The summed E-state index contributed by atoms with van der Waals surface area (Å²) in [5, 5.41) is 20.5. The summed E-state index contributed by atoms with van der Waals surface area (Å²) in [6.45, 7) is 4.28. The Labute approximate surface area is 118 Å². The highest BCUT2D eigenvalue weighted by Crippen LogP contribution is 2.19. The molecule has 0 radical (unpaired) electrons. The topological polar surface area (TPSA) is 70.8 Å². The van der Waals surface area contributed by atoms with Crippen LogP contribution in [0.25, 0.3) is 0 Å². The first-order valence-electron chi connectivity index (χ1n) is 6.26. The largest absolute Gasteiger partial charge is 0.497 e. The standard InChI is InChI=1S/C15H16N4O/c1-10-11(2)18-19-15(14(10)8-16)17-9-12-5-4-6-13(7-12)20-3/h4-7H,9H2,1-3H3,(H,17,19). The third-order valence-electron chi connectivity index (χ3n) is 3.16. The molecule has 0 saturated heterocycles. The Hall–Kier alpha value is -2.61. The van der Waals surface area contributed by atoms with Gasteiger partial charge in [-0.1, -0.05) is 12.1 Å². The maximum absolute atomic E-state index is 9.23. The number of nitrogens with zero attached hydrogens (tertiary/aromatic N) is 3. The molecular weight excluding hydrogens is 252 g/mol. The number of nitriles is 1. The minimum absolute atomic E-state index is 0.512. The minimum Gasteiger partial charge on any atom is -0.497 e. The van der Waals surface area contributed by atoms with Gasteiger partial charge >= 0.3 is 0 Å². The Balaban J connectivity index is 2.19. The molecule has 0 atom stereocenters. The van der Waals surface area contributed by atoms with Gasteiger partial charge in [-0.25, -0.2) is 0 Å². The second kappa shape index (κ2) is 6.02. The van der Waals surface area contributed by atoms with Gasteiger partial charge in [0.1, 0.15) is 17.4 Å². The number of methoxy groups -OCH3 is 1. The molecule has 1 aromatic heterocycles. The number of benzene rings is 1. The summed E-state index contributed by atoms with van der Waals surface area (Å²) in [6.07, 6.45) is 0. The van der Waals surface area contributed by atoms with Crippen LogP contribution in [0.15, 0.2) is 24.3 Å². The Morgan fingerprint density at radius 3 is 2.80 bits per heavy atom. The molecule has 0 saturated carbocycles. The zero-order chi connectivity index (χ0) is 14.5. The number of hydrogen-bond acceptors (Lipinski definition) is 5. The number of aryl methyl sites for hydroxylation is 1. The molecule has 1 heterocycles. The van der Waals surface area contributed by atoms with Gasteiger partial charge in [0.05, 0.1) is 12.8 Å². The van der Waals surface area contributed by atoms with Gasteiger partial charge in [-0.2, -0.15) is 10.4 Å². The highest BCUT2D eigenvalue weighted by atomic mass is 16.5. The van der Waals surface area contributed by atoms with Crippen LogP contribution in [0.4, 0.5) is 5.82 Å². The van der Waals surface area contributed by atoms with Crippen molar-refractivity contribution in [1.82, 2.24) is 10.2 Å². The molecule has 0 fully saturated rings. The quantitative estimate of drug-likeness (QED) is 0.922. The fourth-order valence-corrected chi connectivity index (χ4v) is 1.84. The van der Waals surface area contributed by atoms with Crippen molar-refractivity contribution in [3.8, 4) is 11.8 Å². The zero-order valence-corrected chi connectivity index (χ0v) is 11.8. The second-order valence-electron chi connectivity index (χ2n) is 4.45. The lowest BCUT2D eigenvalue weighted by atomic mass is 10.1. The van der Waals surface area contributed by atoms with E-state index in [1.54, 1.807) is 7.11 Å². The average molecular weight is 268 g/mol. The van der Waals surface area contributed by atoms with Crippen LogP contribution < -0.4 is 10.1 Å². The zero-order valence-electron chi connectivity index (χ0n) is 11.8. The van der Waals surface area contributed by atoms with Crippen molar-refractivity contribution < 1.29 is 4.74 Å². The number of aromatic nitrogens is 2. The van der Waals surface area contributed by atoms with E-state index >= 15 is 0 Å². The SMILES string of the molecule is COc1cccc(CNc2nnc(C)c(C)c2C#N)c1. The molecule has 0 aliphatic heterocycles.